The number of benzene rings is 1. The molecule has 1 atom stereocenters. The molecule has 3 rings (SSSR count). The number of hydrogen-bond donors (Lipinski definition) is 1. The molecular formula is C13H15N3O2. The second-order valence-electron chi connectivity index (χ2n) is 4.36. The van der Waals surface area contributed by atoms with Crippen LogP contribution >= 0.6 is 0 Å². The van der Waals surface area contributed by atoms with E-state index in [2.05, 4.69) is 10.1 Å². The first-order valence-electron chi connectivity index (χ1n) is 6.13. The van der Waals surface area contributed by atoms with Gasteiger partial charge < -0.3 is 15.0 Å². The lowest BCUT2D eigenvalue weighted by molar-refractivity contribution is 0.269. The average molecular weight is 245 g/mol. The minimum Gasteiger partial charge on any atom is -0.493 e. The van der Waals surface area contributed by atoms with Crippen molar-refractivity contribution in [3.05, 3.63) is 29.7 Å². The number of fused-ring (bicyclic) bond motifs is 1. The van der Waals surface area contributed by atoms with Crippen LogP contribution in [0.15, 0.2) is 22.7 Å². The Kier molecular flexibility index (Phi) is 2.76. The predicted molar refractivity (Wildman–Crippen MR) is 66.2 cm³/mol. The van der Waals surface area contributed by atoms with Crippen molar-refractivity contribution < 1.29 is 9.26 Å². The van der Waals surface area contributed by atoms with E-state index in [1.54, 1.807) is 0 Å². The third-order valence-electron chi connectivity index (χ3n) is 3.13. The minimum absolute atomic E-state index is 0.0549. The second kappa shape index (κ2) is 4.42. The third kappa shape index (κ3) is 1.86. The molecule has 94 valence electrons. The summed E-state index contributed by atoms with van der Waals surface area (Å²) in [5.41, 5.74) is 7.97. The van der Waals surface area contributed by atoms with E-state index in [4.69, 9.17) is 15.0 Å². The van der Waals surface area contributed by atoms with Gasteiger partial charge in [0.25, 0.3) is 0 Å². The van der Waals surface area contributed by atoms with E-state index >= 15 is 0 Å². The summed E-state index contributed by atoms with van der Waals surface area (Å²) >= 11 is 0. The van der Waals surface area contributed by atoms with Crippen LogP contribution in [0.2, 0.25) is 0 Å². The van der Waals surface area contributed by atoms with Gasteiger partial charge in [0, 0.05) is 30.0 Å². The van der Waals surface area contributed by atoms with Gasteiger partial charge in [0.15, 0.2) is 0 Å². The summed E-state index contributed by atoms with van der Waals surface area (Å²) in [5, 5.41) is 3.95. The Morgan fingerprint density at radius 1 is 1.44 bits per heavy atom. The van der Waals surface area contributed by atoms with E-state index in [-0.39, 0.29) is 6.04 Å². The first kappa shape index (κ1) is 11.2. The van der Waals surface area contributed by atoms with E-state index in [0.29, 0.717) is 18.3 Å². The van der Waals surface area contributed by atoms with Gasteiger partial charge in [0.2, 0.25) is 11.7 Å². The molecule has 0 radical (unpaired) electrons. The van der Waals surface area contributed by atoms with Crippen LogP contribution in [0.1, 0.15) is 30.8 Å². The summed E-state index contributed by atoms with van der Waals surface area (Å²) in [4.78, 5) is 4.30. The van der Waals surface area contributed by atoms with Crippen molar-refractivity contribution in [2.24, 2.45) is 5.73 Å². The molecule has 18 heavy (non-hydrogen) atoms. The zero-order valence-corrected chi connectivity index (χ0v) is 10.2. The van der Waals surface area contributed by atoms with Crippen LogP contribution in [-0.2, 0) is 6.42 Å². The highest BCUT2D eigenvalue weighted by molar-refractivity contribution is 5.59. The molecule has 0 fully saturated rings. The lowest BCUT2D eigenvalue weighted by Crippen LogP contribution is -2.20. The zero-order chi connectivity index (χ0) is 12.5. The monoisotopic (exact) mass is 245 g/mol. The first-order valence-corrected chi connectivity index (χ1v) is 6.13. The third-order valence-corrected chi connectivity index (χ3v) is 3.13. The maximum Gasteiger partial charge on any atom is 0.226 e. The summed E-state index contributed by atoms with van der Waals surface area (Å²) in [6.45, 7) is 2.64. The number of aryl methyl sites for hydroxylation is 1. The second-order valence-corrected chi connectivity index (χ2v) is 4.36. The fourth-order valence-electron chi connectivity index (χ4n) is 2.07. The molecule has 1 aliphatic rings. The van der Waals surface area contributed by atoms with Crippen LogP contribution in [0.3, 0.4) is 0 Å². The highest BCUT2D eigenvalue weighted by Crippen LogP contribution is 2.33. The van der Waals surface area contributed by atoms with Crippen LogP contribution in [0.4, 0.5) is 0 Å². The molecular weight excluding hydrogens is 230 g/mol. The first-order chi connectivity index (χ1) is 8.78. The number of nitrogens with two attached hydrogens (primary N) is 1. The normalized spacial score (nSPS) is 18.2. The Morgan fingerprint density at radius 2 is 2.33 bits per heavy atom. The van der Waals surface area contributed by atoms with Gasteiger partial charge in [-0.15, -0.1) is 0 Å². The molecule has 0 aliphatic carbocycles. The quantitative estimate of drug-likeness (QED) is 0.876. The Labute approximate surface area is 105 Å². The van der Waals surface area contributed by atoms with E-state index in [9.17, 15) is 0 Å². The summed E-state index contributed by atoms with van der Waals surface area (Å²) in [5.74, 6) is 2.06. The van der Waals surface area contributed by atoms with Gasteiger partial charge in [-0.2, -0.15) is 4.98 Å². The van der Waals surface area contributed by atoms with Gasteiger partial charge >= 0.3 is 0 Å². The topological polar surface area (TPSA) is 74.2 Å². The fraction of sp³-hybridized carbons (Fsp3) is 0.385. The van der Waals surface area contributed by atoms with Crippen LogP contribution in [0.5, 0.6) is 5.75 Å². The summed E-state index contributed by atoms with van der Waals surface area (Å²) in [6.07, 6.45) is 1.59. The minimum atomic E-state index is 0.0549. The van der Waals surface area contributed by atoms with Gasteiger partial charge in [0.1, 0.15) is 5.75 Å². The van der Waals surface area contributed by atoms with Gasteiger partial charge in [-0.1, -0.05) is 24.2 Å². The largest absolute Gasteiger partial charge is 0.493 e. The lowest BCUT2D eigenvalue weighted by atomic mass is 9.99. The Morgan fingerprint density at radius 3 is 3.11 bits per heavy atom. The highest BCUT2D eigenvalue weighted by atomic mass is 16.5. The number of aromatic nitrogens is 2. The van der Waals surface area contributed by atoms with Crippen molar-refractivity contribution in [3.8, 4) is 17.1 Å². The van der Waals surface area contributed by atoms with Crippen molar-refractivity contribution >= 4 is 0 Å². The van der Waals surface area contributed by atoms with Crippen molar-refractivity contribution in [1.29, 1.82) is 0 Å². The molecule has 2 heterocycles. The van der Waals surface area contributed by atoms with E-state index in [1.165, 1.54) is 0 Å². The fourth-order valence-corrected chi connectivity index (χ4v) is 2.07. The Bertz CT molecular complexity index is 565. The molecule has 0 bridgehead atoms. The van der Waals surface area contributed by atoms with E-state index in [1.807, 2.05) is 25.1 Å². The van der Waals surface area contributed by atoms with Crippen molar-refractivity contribution in [2.75, 3.05) is 6.61 Å². The standard InChI is InChI=1S/C13H15N3O2/c1-2-12-15-13(16-18-12)8-3-4-9-10(14)5-6-17-11(9)7-8/h3-4,7,10H,2,5-6,14H2,1H3. The van der Waals surface area contributed by atoms with Gasteiger partial charge in [-0.05, 0) is 6.07 Å². The van der Waals surface area contributed by atoms with Gasteiger partial charge in [0.05, 0.1) is 6.61 Å². The maximum atomic E-state index is 6.03. The molecule has 1 aromatic carbocycles. The van der Waals surface area contributed by atoms with Crippen LogP contribution in [0.25, 0.3) is 11.4 Å². The molecule has 0 spiro atoms. The average Bonchev–Trinajstić information content (AvgIpc) is 2.87. The maximum absolute atomic E-state index is 6.03. The number of ether oxygens (including phenoxy) is 1. The molecule has 0 saturated carbocycles. The molecule has 1 aromatic heterocycles. The lowest BCUT2D eigenvalue weighted by Gasteiger charge is -2.23. The van der Waals surface area contributed by atoms with Crippen molar-refractivity contribution in [2.45, 2.75) is 25.8 Å². The van der Waals surface area contributed by atoms with Crippen molar-refractivity contribution in [1.82, 2.24) is 10.1 Å². The SMILES string of the molecule is CCc1nc(-c2ccc3c(c2)OCCC3N)no1. The summed E-state index contributed by atoms with van der Waals surface area (Å²) < 4.78 is 10.7. The molecule has 5 heteroatoms. The molecule has 0 amide bonds. The molecule has 2 aromatic rings. The van der Waals surface area contributed by atoms with Crippen LogP contribution in [0, 0.1) is 0 Å². The van der Waals surface area contributed by atoms with Crippen LogP contribution < -0.4 is 10.5 Å². The molecule has 5 nitrogen and oxygen atoms in total. The molecule has 2 N–H and O–H groups in total. The smallest absolute Gasteiger partial charge is 0.226 e. The van der Waals surface area contributed by atoms with E-state index < -0.39 is 0 Å². The Balaban J connectivity index is 1.99. The van der Waals surface area contributed by atoms with E-state index in [0.717, 1.165) is 29.7 Å². The highest BCUT2D eigenvalue weighted by Gasteiger charge is 2.19. The van der Waals surface area contributed by atoms with Gasteiger partial charge in [-0.25, -0.2) is 0 Å². The summed E-state index contributed by atoms with van der Waals surface area (Å²) in [7, 11) is 0. The van der Waals surface area contributed by atoms with Crippen LogP contribution in [-0.4, -0.2) is 16.7 Å². The number of hydrogen-bond acceptors (Lipinski definition) is 5. The Hall–Kier alpha value is -1.88. The summed E-state index contributed by atoms with van der Waals surface area (Å²) in [6, 6.07) is 5.92. The zero-order valence-electron chi connectivity index (χ0n) is 10.2. The van der Waals surface area contributed by atoms with Gasteiger partial charge in [-0.3, -0.25) is 0 Å². The predicted octanol–water partition coefficient (Wildman–Crippen LogP) is 2.08. The number of nitrogens with zero attached hydrogens (tertiary/aromatic N) is 2. The number of rotatable bonds is 2. The molecule has 0 saturated heterocycles. The molecule has 1 aliphatic heterocycles. The van der Waals surface area contributed by atoms with Crippen molar-refractivity contribution in [3.63, 3.8) is 0 Å². The molecule has 1 unspecified atom stereocenters.